The number of amidine groups is 1. The fraction of sp³-hybridized carbons (Fsp3) is 0.500. The Morgan fingerprint density at radius 1 is 1.20 bits per heavy atom. The molecule has 1 rings (SSSR count). The Balaban J connectivity index is 2.56. The van der Waals surface area contributed by atoms with Gasteiger partial charge in [0, 0.05) is 18.2 Å². The van der Waals surface area contributed by atoms with Crippen LogP contribution in [-0.4, -0.2) is 38.0 Å². The van der Waals surface area contributed by atoms with Crippen molar-refractivity contribution >= 4 is 5.84 Å². The number of hydrogen-bond acceptors (Lipinski definition) is 5. The molecule has 0 saturated heterocycles. The van der Waals surface area contributed by atoms with Crippen molar-refractivity contribution in [1.29, 1.82) is 0 Å². The van der Waals surface area contributed by atoms with E-state index in [-0.39, 0.29) is 5.84 Å². The molecule has 0 aromatic heterocycles. The van der Waals surface area contributed by atoms with Crippen LogP contribution in [0.25, 0.3) is 0 Å². The predicted molar refractivity (Wildman–Crippen MR) is 76.7 cm³/mol. The summed E-state index contributed by atoms with van der Waals surface area (Å²) in [7, 11) is 1.54. The summed E-state index contributed by atoms with van der Waals surface area (Å²) in [5, 5.41) is 11.7. The van der Waals surface area contributed by atoms with Crippen molar-refractivity contribution in [2.45, 2.75) is 19.8 Å². The summed E-state index contributed by atoms with van der Waals surface area (Å²) >= 11 is 0. The van der Waals surface area contributed by atoms with E-state index in [9.17, 15) is 0 Å². The number of rotatable bonds is 9. The molecule has 6 heteroatoms. The second-order valence-electron chi connectivity index (χ2n) is 4.20. The van der Waals surface area contributed by atoms with Crippen LogP contribution >= 0.6 is 0 Å². The highest BCUT2D eigenvalue weighted by Crippen LogP contribution is 2.22. The van der Waals surface area contributed by atoms with Gasteiger partial charge in [-0.1, -0.05) is 18.5 Å². The van der Waals surface area contributed by atoms with E-state index in [1.54, 1.807) is 25.3 Å². The normalized spacial score (nSPS) is 11.4. The van der Waals surface area contributed by atoms with Crippen LogP contribution in [0, 0.1) is 0 Å². The van der Waals surface area contributed by atoms with Crippen LogP contribution in [0.4, 0.5) is 0 Å². The van der Waals surface area contributed by atoms with Crippen LogP contribution < -0.4 is 15.2 Å². The Bertz CT molecular complexity index is 435. The minimum Gasteiger partial charge on any atom is -0.497 e. The topological polar surface area (TPSA) is 86.3 Å². The molecule has 0 fully saturated rings. The molecule has 1 aromatic rings. The Morgan fingerprint density at radius 3 is 2.60 bits per heavy atom. The van der Waals surface area contributed by atoms with Gasteiger partial charge >= 0.3 is 0 Å². The molecule has 0 heterocycles. The zero-order valence-corrected chi connectivity index (χ0v) is 12.0. The SMILES string of the molecule is CCCCOCCOc1cc(OC)cc(/C(N)=N/O)c1. The maximum atomic E-state index is 8.70. The molecule has 3 N–H and O–H groups in total. The molecule has 20 heavy (non-hydrogen) atoms. The first-order valence-electron chi connectivity index (χ1n) is 6.58. The van der Waals surface area contributed by atoms with Crippen LogP contribution in [0.5, 0.6) is 11.5 Å². The number of unbranched alkanes of at least 4 members (excludes halogenated alkanes) is 1. The first-order chi connectivity index (χ1) is 9.71. The molecule has 0 aliphatic rings. The lowest BCUT2D eigenvalue weighted by atomic mass is 10.2. The fourth-order valence-electron chi connectivity index (χ4n) is 1.55. The molecule has 0 aliphatic carbocycles. The monoisotopic (exact) mass is 282 g/mol. The lowest BCUT2D eigenvalue weighted by molar-refractivity contribution is 0.0980. The Hall–Kier alpha value is -1.95. The quantitative estimate of drug-likeness (QED) is 0.238. The number of ether oxygens (including phenoxy) is 3. The minimum atomic E-state index is 0.00736. The Labute approximate surface area is 119 Å². The second kappa shape index (κ2) is 9.03. The van der Waals surface area contributed by atoms with Gasteiger partial charge < -0.3 is 25.2 Å². The van der Waals surface area contributed by atoms with Crippen LogP contribution in [0.1, 0.15) is 25.3 Å². The maximum absolute atomic E-state index is 8.70. The third-order valence-corrected chi connectivity index (χ3v) is 2.66. The van der Waals surface area contributed by atoms with Crippen molar-refractivity contribution in [2.24, 2.45) is 10.9 Å². The number of nitrogens with zero attached hydrogens (tertiary/aromatic N) is 1. The molecule has 1 aromatic carbocycles. The van der Waals surface area contributed by atoms with E-state index in [1.165, 1.54) is 0 Å². The van der Waals surface area contributed by atoms with Crippen molar-refractivity contribution in [1.82, 2.24) is 0 Å². The summed E-state index contributed by atoms with van der Waals surface area (Å²) in [4.78, 5) is 0. The zero-order chi connectivity index (χ0) is 14.8. The lowest BCUT2D eigenvalue weighted by Crippen LogP contribution is -2.14. The number of oxime groups is 1. The van der Waals surface area contributed by atoms with Gasteiger partial charge in [0.1, 0.15) is 18.1 Å². The highest BCUT2D eigenvalue weighted by atomic mass is 16.5. The van der Waals surface area contributed by atoms with Crippen LogP contribution in [0.3, 0.4) is 0 Å². The summed E-state index contributed by atoms with van der Waals surface area (Å²) in [6.07, 6.45) is 2.16. The summed E-state index contributed by atoms with van der Waals surface area (Å²) in [6, 6.07) is 5.09. The van der Waals surface area contributed by atoms with Crippen molar-refractivity contribution in [2.75, 3.05) is 26.9 Å². The van der Waals surface area contributed by atoms with Gasteiger partial charge in [-0.05, 0) is 18.6 Å². The molecule has 112 valence electrons. The largest absolute Gasteiger partial charge is 0.497 e. The first-order valence-corrected chi connectivity index (χ1v) is 6.58. The van der Waals surface area contributed by atoms with E-state index >= 15 is 0 Å². The number of benzene rings is 1. The second-order valence-corrected chi connectivity index (χ2v) is 4.20. The molecule has 0 unspecified atom stereocenters. The molecule has 0 atom stereocenters. The van der Waals surface area contributed by atoms with Crippen LogP contribution in [0.15, 0.2) is 23.4 Å². The highest BCUT2D eigenvalue weighted by molar-refractivity contribution is 5.97. The van der Waals surface area contributed by atoms with Gasteiger partial charge in [0.15, 0.2) is 5.84 Å². The van der Waals surface area contributed by atoms with E-state index in [4.69, 9.17) is 25.2 Å². The third-order valence-electron chi connectivity index (χ3n) is 2.66. The van der Waals surface area contributed by atoms with Crippen molar-refractivity contribution in [3.63, 3.8) is 0 Å². The van der Waals surface area contributed by atoms with Gasteiger partial charge in [-0.25, -0.2) is 0 Å². The summed E-state index contributed by atoms with van der Waals surface area (Å²) in [5.41, 5.74) is 6.10. The standard InChI is InChI=1S/C14H22N2O4/c1-3-4-5-19-6-7-20-13-9-11(14(15)16-17)8-12(10-13)18-2/h8-10,17H,3-7H2,1-2H3,(H2,15,16). The lowest BCUT2D eigenvalue weighted by Gasteiger charge is -2.10. The van der Waals surface area contributed by atoms with Gasteiger partial charge in [-0.3, -0.25) is 0 Å². The predicted octanol–water partition coefficient (Wildman–Crippen LogP) is 1.99. The number of hydrogen-bond donors (Lipinski definition) is 2. The minimum absolute atomic E-state index is 0.00736. The van der Waals surface area contributed by atoms with E-state index in [0.717, 1.165) is 19.4 Å². The molecular formula is C14H22N2O4. The van der Waals surface area contributed by atoms with Crippen LogP contribution in [0.2, 0.25) is 0 Å². The summed E-state index contributed by atoms with van der Waals surface area (Å²) in [5.74, 6) is 1.17. The van der Waals surface area contributed by atoms with Gasteiger partial charge in [0.2, 0.25) is 0 Å². The first kappa shape index (κ1) is 16.1. The number of methoxy groups -OCH3 is 1. The molecule has 0 spiro atoms. The average molecular weight is 282 g/mol. The van der Waals surface area contributed by atoms with Crippen LogP contribution in [-0.2, 0) is 4.74 Å². The molecular weight excluding hydrogens is 260 g/mol. The molecule has 0 saturated carbocycles. The zero-order valence-electron chi connectivity index (χ0n) is 12.0. The smallest absolute Gasteiger partial charge is 0.170 e. The molecule has 0 amide bonds. The van der Waals surface area contributed by atoms with E-state index in [1.807, 2.05) is 0 Å². The van der Waals surface area contributed by atoms with Crippen molar-refractivity contribution in [3.05, 3.63) is 23.8 Å². The average Bonchev–Trinajstić information content (AvgIpc) is 2.49. The summed E-state index contributed by atoms with van der Waals surface area (Å²) in [6.45, 7) is 3.82. The highest BCUT2D eigenvalue weighted by Gasteiger charge is 2.06. The van der Waals surface area contributed by atoms with Crippen molar-refractivity contribution in [3.8, 4) is 11.5 Å². The Kier molecular flexibility index (Phi) is 7.27. The third kappa shape index (κ3) is 5.36. The molecule has 0 aliphatic heterocycles. The summed E-state index contributed by atoms with van der Waals surface area (Å²) < 4.78 is 16.1. The van der Waals surface area contributed by atoms with Gasteiger partial charge in [-0.15, -0.1) is 0 Å². The van der Waals surface area contributed by atoms with E-state index in [0.29, 0.717) is 30.3 Å². The van der Waals surface area contributed by atoms with Gasteiger partial charge in [0.25, 0.3) is 0 Å². The molecule has 0 bridgehead atoms. The fourth-order valence-corrected chi connectivity index (χ4v) is 1.55. The van der Waals surface area contributed by atoms with Gasteiger partial charge in [-0.2, -0.15) is 0 Å². The van der Waals surface area contributed by atoms with E-state index < -0.39 is 0 Å². The van der Waals surface area contributed by atoms with E-state index in [2.05, 4.69) is 12.1 Å². The maximum Gasteiger partial charge on any atom is 0.170 e. The number of nitrogens with two attached hydrogens (primary N) is 1. The van der Waals surface area contributed by atoms with Gasteiger partial charge in [0.05, 0.1) is 13.7 Å². The molecule has 6 nitrogen and oxygen atoms in total. The molecule has 0 radical (unpaired) electrons. The Morgan fingerprint density at radius 2 is 1.95 bits per heavy atom. The van der Waals surface area contributed by atoms with Crippen molar-refractivity contribution < 1.29 is 19.4 Å².